The summed E-state index contributed by atoms with van der Waals surface area (Å²) in [6.07, 6.45) is 5.69. The summed E-state index contributed by atoms with van der Waals surface area (Å²) in [5.41, 5.74) is 3.17. The number of aryl methyl sites for hydroxylation is 2. The van der Waals surface area contributed by atoms with E-state index in [2.05, 4.69) is 13.5 Å². The fraction of sp³-hybridized carbons (Fsp3) is 0.324. The Bertz CT molecular complexity index is 1320. The largest absolute Gasteiger partial charge is 0.493 e. The molecule has 0 aliphatic carbocycles. The molecule has 3 rings (SSSR count). The van der Waals surface area contributed by atoms with E-state index in [4.69, 9.17) is 18.9 Å². The Morgan fingerprint density at radius 3 is 1.83 bits per heavy atom. The molecule has 0 aliphatic heterocycles. The Hall–Kier alpha value is -4.39. The molecule has 41 heavy (non-hydrogen) atoms. The van der Waals surface area contributed by atoms with Crippen LogP contribution in [-0.2, 0) is 16.0 Å². The second-order valence-electron chi connectivity index (χ2n) is 9.81. The number of benzene rings is 3. The highest BCUT2D eigenvalue weighted by molar-refractivity contribution is 5.93. The van der Waals surface area contributed by atoms with Crippen molar-refractivity contribution in [3.63, 3.8) is 0 Å². The number of hydrogen-bond donors (Lipinski definition) is 0. The third-order valence-electron chi connectivity index (χ3n) is 6.38. The van der Waals surface area contributed by atoms with Crippen molar-refractivity contribution in [3.8, 4) is 17.2 Å². The van der Waals surface area contributed by atoms with Gasteiger partial charge in [-0.3, -0.25) is 0 Å². The topological polar surface area (TPSA) is 88.1 Å². The third-order valence-corrected chi connectivity index (χ3v) is 6.38. The van der Waals surface area contributed by atoms with E-state index in [1.54, 1.807) is 61.5 Å². The summed E-state index contributed by atoms with van der Waals surface area (Å²) in [6.45, 7) is 10.1. The van der Waals surface area contributed by atoms with Crippen LogP contribution in [0.15, 0.2) is 78.9 Å². The molecule has 7 heteroatoms. The SMILES string of the molecule is C=C(C)C(=O)OCCCCCCCOc1ccc(C(=O)Oc2ccc(C(=O)Oc3ccc(CC)cc3)cc2)cc1C. The molecule has 216 valence electrons. The molecule has 3 aromatic carbocycles. The lowest BCUT2D eigenvalue weighted by Crippen LogP contribution is -2.10. The van der Waals surface area contributed by atoms with E-state index < -0.39 is 11.9 Å². The Labute approximate surface area is 242 Å². The number of carbonyl (C=O) groups is 3. The molecule has 0 bridgehead atoms. The Morgan fingerprint density at radius 1 is 0.707 bits per heavy atom. The Kier molecular flexibility index (Phi) is 12.2. The van der Waals surface area contributed by atoms with E-state index in [1.807, 2.05) is 19.1 Å². The van der Waals surface area contributed by atoms with Gasteiger partial charge < -0.3 is 18.9 Å². The van der Waals surface area contributed by atoms with Crippen LogP contribution in [0, 0.1) is 6.92 Å². The lowest BCUT2D eigenvalue weighted by atomic mass is 10.1. The molecule has 0 unspecified atom stereocenters. The molecule has 0 amide bonds. The predicted molar refractivity (Wildman–Crippen MR) is 158 cm³/mol. The molecule has 0 saturated carbocycles. The van der Waals surface area contributed by atoms with Crippen molar-refractivity contribution in [1.82, 2.24) is 0 Å². The lowest BCUT2D eigenvalue weighted by molar-refractivity contribution is -0.139. The maximum atomic E-state index is 12.7. The van der Waals surface area contributed by atoms with Gasteiger partial charge in [-0.25, -0.2) is 14.4 Å². The van der Waals surface area contributed by atoms with Gasteiger partial charge in [-0.2, -0.15) is 0 Å². The minimum absolute atomic E-state index is 0.325. The number of ether oxygens (including phenoxy) is 4. The number of esters is 3. The van der Waals surface area contributed by atoms with Crippen LogP contribution in [0.5, 0.6) is 17.2 Å². The number of unbranched alkanes of at least 4 members (excludes halogenated alkanes) is 4. The summed E-state index contributed by atoms with van der Waals surface area (Å²) >= 11 is 0. The first-order valence-corrected chi connectivity index (χ1v) is 14.0. The van der Waals surface area contributed by atoms with Gasteiger partial charge in [0, 0.05) is 5.57 Å². The number of carbonyl (C=O) groups excluding carboxylic acids is 3. The van der Waals surface area contributed by atoms with E-state index in [9.17, 15) is 14.4 Å². The molecule has 3 aromatic rings. The first-order valence-electron chi connectivity index (χ1n) is 14.0. The van der Waals surface area contributed by atoms with E-state index in [-0.39, 0.29) is 5.97 Å². The maximum absolute atomic E-state index is 12.7. The monoisotopic (exact) mass is 558 g/mol. The molecular formula is C34H38O7. The van der Waals surface area contributed by atoms with Gasteiger partial charge in [-0.1, -0.05) is 44.9 Å². The molecule has 0 atom stereocenters. The molecule has 0 radical (unpaired) electrons. The van der Waals surface area contributed by atoms with Gasteiger partial charge in [0.1, 0.15) is 17.2 Å². The van der Waals surface area contributed by atoms with Crippen LogP contribution in [-0.4, -0.2) is 31.1 Å². The fourth-order valence-electron chi connectivity index (χ4n) is 3.93. The van der Waals surface area contributed by atoms with Crippen molar-refractivity contribution >= 4 is 17.9 Å². The normalized spacial score (nSPS) is 10.5. The fourth-order valence-corrected chi connectivity index (χ4v) is 3.93. The number of hydrogen-bond acceptors (Lipinski definition) is 7. The highest BCUT2D eigenvalue weighted by Gasteiger charge is 2.13. The van der Waals surface area contributed by atoms with Crippen molar-refractivity contribution in [3.05, 3.63) is 101 Å². The van der Waals surface area contributed by atoms with Gasteiger partial charge in [0.25, 0.3) is 0 Å². The third kappa shape index (κ3) is 10.3. The molecule has 0 heterocycles. The number of rotatable bonds is 15. The molecule has 7 nitrogen and oxygen atoms in total. The highest BCUT2D eigenvalue weighted by atomic mass is 16.5. The van der Waals surface area contributed by atoms with Crippen LogP contribution < -0.4 is 14.2 Å². The average Bonchev–Trinajstić information content (AvgIpc) is 2.97. The predicted octanol–water partition coefficient (Wildman–Crippen LogP) is 7.44. The summed E-state index contributed by atoms with van der Waals surface area (Å²) in [6, 6.07) is 18.8. The quantitative estimate of drug-likeness (QED) is 0.0829. The zero-order valence-electron chi connectivity index (χ0n) is 24.1. The highest BCUT2D eigenvalue weighted by Crippen LogP contribution is 2.22. The summed E-state index contributed by atoms with van der Waals surface area (Å²) in [5, 5.41) is 0. The smallest absolute Gasteiger partial charge is 0.343 e. The molecule has 0 spiro atoms. The van der Waals surface area contributed by atoms with Gasteiger partial charge in [-0.15, -0.1) is 0 Å². The summed E-state index contributed by atoms with van der Waals surface area (Å²) in [5.74, 6) is 0.197. The van der Waals surface area contributed by atoms with Gasteiger partial charge >= 0.3 is 17.9 Å². The van der Waals surface area contributed by atoms with Gasteiger partial charge in [-0.05, 0) is 98.8 Å². The molecular weight excluding hydrogens is 520 g/mol. The van der Waals surface area contributed by atoms with Crippen molar-refractivity contribution in [1.29, 1.82) is 0 Å². The van der Waals surface area contributed by atoms with E-state index in [0.717, 1.165) is 55.4 Å². The van der Waals surface area contributed by atoms with Crippen LogP contribution in [0.4, 0.5) is 0 Å². The van der Waals surface area contributed by atoms with E-state index >= 15 is 0 Å². The van der Waals surface area contributed by atoms with E-state index in [1.165, 1.54) is 0 Å². The minimum Gasteiger partial charge on any atom is -0.493 e. The van der Waals surface area contributed by atoms with E-state index in [0.29, 0.717) is 41.4 Å². The summed E-state index contributed by atoms with van der Waals surface area (Å²) in [7, 11) is 0. The second kappa shape index (κ2) is 16.0. The zero-order valence-corrected chi connectivity index (χ0v) is 24.1. The van der Waals surface area contributed by atoms with Gasteiger partial charge in [0.15, 0.2) is 0 Å². The van der Waals surface area contributed by atoms with Crippen molar-refractivity contribution in [2.45, 2.75) is 59.3 Å². The molecule has 0 N–H and O–H groups in total. The molecule has 0 aliphatic rings. The summed E-state index contributed by atoms with van der Waals surface area (Å²) < 4.78 is 21.9. The standard InChI is InChI=1S/C34H38O7/c1-5-26-11-16-29(17-12-26)40-33(36)27-13-18-30(19-14-27)41-34(37)28-15-20-31(25(4)23-28)38-21-9-7-6-8-10-22-39-32(35)24(2)3/h11-20,23H,2,5-10,21-22H2,1,3-4H3. The van der Waals surface area contributed by atoms with Gasteiger partial charge in [0.2, 0.25) is 0 Å². The second-order valence-corrected chi connectivity index (χ2v) is 9.81. The zero-order chi connectivity index (χ0) is 29.6. The molecule has 0 aromatic heterocycles. The first kappa shape index (κ1) is 31.1. The molecule has 0 fully saturated rings. The summed E-state index contributed by atoms with van der Waals surface area (Å²) in [4.78, 5) is 36.5. The van der Waals surface area contributed by atoms with Crippen molar-refractivity contribution in [2.24, 2.45) is 0 Å². The van der Waals surface area contributed by atoms with Crippen LogP contribution in [0.25, 0.3) is 0 Å². The van der Waals surface area contributed by atoms with Crippen molar-refractivity contribution < 1.29 is 33.3 Å². The van der Waals surface area contributed by atoms with Crippen LogP contribution in [0.1, 0.15) is 77.8 Å². The van der Waals surface area contributed by atoms with Gasteiger partial charge in [0.05, 0.1) is 24.3 Å². The average molecular weight is 559 g/mol. The van der Waals surface area contributed by atoms with Crippen LogP contribution >= 0.6 is 0 Å². The van der Waals surface area contributed by atoms with Crippen molar-refractivity contribution in [2.75, 3.05) is 13.2 Å². The lowest BCUT2D eigenvalue weighted by Gasteiger charge is -2.11. The van der Waals surface area contributed by atoms with Crippen LogP contribution in [0.2, 0.25) is 0 Å². The first-order chi connectivity index (χ1) is 19.8. The maximum Gasteiger partial charge on any atom is 0.343 e. The Balaban J connectivity index is 1.39. The van der Waals surface area contributed by atoms with Crippen LogP contribution in [0.3, 0.4) is 0 Å². The Morgan fingerprint density at radius 2 is 1.24 bits per heavy atom. The molecule has 0 saturated heterocycles. The minimum atomic E-state index is -0.500.